The van der Waals surface area contributed by atoms with Crippen LogP contribution in [-0.2, 0) is 20.9 Å². The molecule has 3 rings (SSSR count). The third-order valence-corrected chi connectivity index (χ3v) is 5.64. The lowest BCUT2D eigenvalue weighted by atomic mass is 9.77. The highest BCUT2D eigenvalue weighted by atomic mass is 19.4. The van der Waals surface area contributed by atoms with Crippen LogP contribution in [0.3, 0.4) is 0 Å². The van der Waals surface area contributed by atoms with Gasteiger partial charge in [-0.25, -0.2) is 4.79 Å². The van der Waals surface area contributed by atoms with E-state index in [-0.39, 0.29) is 12.5 Å². The highest BCUT2D eigenvalue weighted by Gasteiger charge is 2.43. The number of halogens is 3. The number of aliphatic carboxylic acids is 1. The topological polar surface area (TPSA) is 83.0 Å². The fraction of sp³-hybridized carbons (Fsp3) is 0.650. The quantitative estimate of drug-likeness (QED) is 0.771. The molecule has 168 valence electrons. The first-order valence-corrected chi connectivity index (χ1v) is 9.79. The summed E-state index contributed by atoms with van der Waals surface area (Å²) in [5, 5.41) is 7.12. The molecule has 1 unspecified atom stereocenters. The number of nitrogens with zero attached hydrogens (tertiary/aromatic N) is 3. The van der Waals surface area contributed by atoms with Crippen LogP contribution in [0.4, 0.5) is 13.2 Å². The van der Waals surface area contributed by atoms with Crippen molar-refractivity contribution in [2.45, 2.75) is 38.0 Å². The van der Waals surface area contributed by atoms with Crippen LogP contribution in [0.1, 0.15) is 24.8 Å². The van der Waals surface area contributed by atoms with Gasteiger partial charge in [-0.05, 0) is 43.4 Å². The van der Waals surface area contributed by atoms with Crippen molar-refractivity contribution in [1.82, 2.24) is 14.8 Å². The summed E-state index contributed by atoms with van der Waals surface area (Å²) in [4.78, 5) is 29.7. The Morgan fingerprint density at radius 1 is 1.33 bits per heavy atom. The van der Waals surface area contributed by atoms with E-state index in [0.717, 1.165) is 19.6 Å². The van der Waals surface area contributed by atoms with Crippen molar-refractivity contribution < 1.29 is 32.6 Å². The molecule has 1 N–H and O–H groups in total. The van der Waals surface area contributed by atoms with Gasteiger partial charge in [0.1, 0.15) is 6.61 Å². The molecule has 1 saturated carbocycles. The standard InChI is InChI=1S/C18H27N3O2.C2HF3O2/c1-20(10-14-5-4-8-19-9-14)17-7-3-6-15-11-21(12-16(15)17)18(22)13-23-2;3-2(4,5)1(6)7/h4-5,8-9,15-17H,3,6-7,10-13H2,1-2H3;(H,6,7)/t15-,16+,17?;/m1./s1. The number of carbonyl (C=O) groups excluding carboxylic acids is 1. The first kappa shape index (κ1) is 24.1. The smallest absolute Gasteiger partial charge is 0.475 e. The molecular weight excluding hydrogens is 403 g/mol. The molecule has 1 saturated heterocycles. The molecule has 2 aliphatic rings. The summed E-state index contributed by atoms with van der Waals surface area (Å²) < 4.78 is 36.8. The zero-order valence-electron chi connectivity index (χ0n) is 17.1. The third-order valence-electron chi connectivity index (χ3n) is 5.64. The van der Waals surface area contributed by atoms with E-state index in [1.807, 2.05) is 23.4 Å². The summed E-state index contributed by atoms with van der Waals surface area (Å²) >= 11 is 0. The van der Waals surface area contributed by atoms with Crippen molar-refractivity contribution in [2.24, 2.45) is 11.8 Å². The van der Waals surface area contributed by atoms with Crippen LogP contribution in [-0.4, -0.2) is 77.8 Å². The highest BCUT2D eigenvalue weighted by Crippen LogP contribution is 2.38. The molecule has 1 aliphatic heterocycles. The van der Waals surface area contributed by atoms with Crippen molar-refractivity contribution >= 4 is 11.9 Å². The van der Waals surface area contributed by atoms with E-state index < -0.39 is 12.1 Å². The minimum absolute atomic E-state index is 0.135. The Balaban J connectivity index is 0.000000396. The minimum atomic E-state index is -5.08. The molecule has 0 aromatic carbocycles. The van der Waals surface area contributed by atoms with Crippen LogP contribution in [0.25, 0.3) is 0 Å². The second-order valence-electron chi connectivity index (χ2n) is 7.73. The van der Waals surface area contributed by atoms with Crippen LogP contribution in [0.15, 0.2) is 24.5 Å². The fourth-order valence-electron chi connectivity index (χ4n) is 4.30. The molecule has 1 aromatic rings. The third kappa shape index (κ3) is 6.66. The monoisotopic (exact) mass is 431 g/mol. The van der Waals surface area contributed by atoms with Crippen molar-refractivity contribution in [3.05, 3.63) is 30.1 Å². The van der Waals surface area contributed by atoms with Gasteiger partial charge in [-0.2, -0.15) is 13.2 Å². The number of likely N-dealkylation sites (tertiary alicyclic amines) is 1. The number of carboxylic acids is 1. The number of rotatable bonds is 5. The van der Waals surface area contributed by atoms with Gasteiger partial charge in [-0.1, -0.05) is 12.5 Å². The first-order valence-electron chi connectivity index (χ1n) is 9.79. The number of amides is 1. The molecule has 1 aliphatic carbocycles. The van der Waals surface area contributed by atoms with Crippen LogP contribution in [0, 0.1) is 11.8 Å². The van der Waals surface area contributed by atoms with E-state index in [0.29, 0.717) is 17.9 Å². The lowest BCUT2D eigenvalue weighted by Gasteiger charge is -2.39. The molecule has 0 bridgehead atoms. The molecule has 2 fully saturated rings. The minimum Gasteiger partial charge on any atom is -0.475 e. The maximum absolute atomic E-state index is 12.1. The zero-order chi connectivity index (χ0) is 22.3. The van der Waals surface area contributed by atoms with Crippen molar-refractivity contribution in [3.8, 4) is 0 Å². The molecule has 2 heterocycles. The Morgan fingerprint density at radius 2 is 2.03 bits per heavy atom. The van der Waals surface area contributed by atoms with E-state index in [9.17, 15) is 18.0 Å². The number of alkyl halides is 3. The van der Waals surface area contributed by atoms with Crippen molar-refractivity contribution in [2.75, 3.05) is 33.9 Å². The molecule has 10 heteroatoms. The number of pyridine rings is 1. The number of aromatic nitrogens is 1. The number of hydrogen-bond donors (Lipinski definition) is 1. The van der Waals surface area contributed by atoms with Crippen molar-refractivity contribution in [1.29, 1.82) is 0 Å². The lowest BCUT2D eigenvalue weighted by molar-refractivity contribution is -0.192. The van der Waals surface area contributed by atoms with Gasteiger partial charge in [0.2, 0.25) is 5.91 Å². The number of fused-ring (bicyclic) bond motifs is 1. The van der Waals surface area contributed by atoms with E-state index in [1.165, 1.54) is 24.8 Å². The number of hydrogen-bond acceptors (Lipinski definition) is 5. The normalized spacial score (nSPS) is 23.5. The highest BCUT2D eigenvalue weighted by molar-refractivity contribution is 5.77. The first-order chi connectivity index (χ1) is 14.1. The lowest BCUT2D eigenvalue weighted by Crippen LogP contribution is -2.43. The maximum atomic E-state index is 12.1. The predicted octanol–water partition coefficient (Wildman–Crippen LogP) is 2.42. The molecule has 1 aromatic heterocycles. The van der Waals surface area contributed by atoms with Gasteiger partial charge in [-0.3, -0.25) is 14.7 Å². The molecule has 3 atom stereocenters. The van der Waals surface area contributed by atoms with Gasteiger partial charge in [0.25, 0.3) is 0 Å². The van der Waals surface area contributed by atoms with Crippen molar-refractivity contribution in [3.63, 3.8) is 0 Å². The fourth-order valence-corrected chi connectivity index (χ4v) is 4.30. The number of carbonyl (C=O) groups is 2. The summed E-state index contributed by atoms with van der Waals surface area (Å²) in [6.45, 7) is 2.92. The van der Waals surface area contributed by atoms with Crippen LogP contribution >= 0.6 is 0 Å². The molecule has 1 amide bonds. The van der Waals surface area contributed by atoms with E-state index >= 15 is 0 Å². The zero-order valence-corrected chi connectivity index (χ0v) is 17.1. The van der Waals surface area contributed by atoms with E-state index in [4.69, 9.17) is 14.6 Å². The van der Waals surface area contributed by atoms with Gasteiger partial charge in [-0.15, -0.1) is 0 Å². The molecular formula is C20H28F3N3O4. The Kier molecular flexibility index (Phi) is 8.60. The number of carboxylic acid groups (broad SMARTS) is 1. The average molecular weight is 431 g/mol. The molecule has 0 spiro atoms. The summed E-state index contributed by atoms with van der Waals surface area (Å²) in [7, 11) is 3.80. The Labute approximate surface area is 173 Å². The summed E-state index contributed by atoms with van der Waals surface area (Å²) in [6, 6.07) is 4.68. The predicted molar refractivity (Wildman–Crippen MR) is 102 cm³/mol. The molecule has 7 nitrogen and oxygen atoms in total. The second-order valence-corrected chi connectivity index (χ2v) is 7.73. The van der Waals surface area contributed by atoms with Gasteiger partial charge in [0, 0.05) is 45.2 Å². The Bertz CT molecular complexity index is 702. The van der Waals surface area contributed by atoms with Crippen LogP contribution < -0.4 is 0 Å². The number of ether oxygens (including phenoxy) is 1. The van der Waals surface area contributed by atoms with E-state index in [1.54, 1.807) is 7.11 Å². The molecule has 0 radical (unpaired) electrons. The van der Waals surface area contributed by atoms with Gasteiger partial charge in [0.05, 0.1) is 0 Å². The summed E-state index contributed by atoms with van der Waals surface area (Å²) in [6.07, 6.45) is 2.41. The van der Waals surface area contributed by atoms with Crippen LogP contribution in [0.2, 0.25) is 0 Å². The second kappa shape index (κ2) is 10.7. The SMILES string of the molecule is COCC(=O)N1C[C@H]2CCCC(N(C)Cc3cccnc3)[C@H]2C1.O=C(O)C(F)(F)F. The van der Waals surface area contributed by atoms with Gasteiger partial charge >= 0.3 is 12.1 Å². The Hall–Kier alpha value is -2.20. The number of methoxy groups -OCH3 is 1. The Morgan fingerprint density at radius 3 is 2.60 bits per heavy atom. The maximum Gasteiger partial charge on any atom is 0.490 e. The molecule has 30 heavy (non-hydrogen) atoms. The summed E-state index contributed by atoms with van der Waals surface area (Å²) in [5.41, 5.74) is 1.25. The average Bonchev–Trinajstić information content (AvgIpc) is 3.13. The van der Waals surface area contributed by atoms with Gasteiger partial charge < -0.3 is 14.7 Å². The van der Waals surface area contributed by atoms with Crippen LogP contribution in [0.5, 0.6) is 0 Å². The van der Waals surface area contributed by atoms with Gasteiger partial charge in [0.15, 0.2) is 0 Å². The van der Waals surface area contributed by atoms with E-state index in [2.05, 4.69) is 23.0 Å². The largest absolute Gasteiger partial charge is 0.490 e. The summed E-state index contributed by atoms with van der Waals surface area (Å²) in [5.74, 6) is -1.39.